The number of ether oxygens (including phenoxy) is 2. The molecule has 1 aliphatic heterocycles. The fraction of sp³-hybridized carbons (Fsp3) is 0.226. The summed E-state index contributed by atoms with van der Waals surface area (Å²) >= 11 is 1.33. The summed E-state index contributed by atoms with van der Waals surface area (Å²) in [6.45, 7) is 8.03. The van der Waals surface area contributed by atoms with E-state index < -0.39 is 17.7 Å². The van der Waals surface area contributed by atoms with Crippen molar-refractivity contribution in [1.82, 2.24) is 14.4 Å². The molecule has 0 spiro atoms. The van der Waals surface area contributed by atoms with Gasteiger partial charge in [-0.2, -0.15) is 0 Å². The number of thiazole rings is 1. The Balaban J connectivity index is 1.62. The van der Waals surface area contributed by atoms with Crippen molar-refractivity contribution < 1.29 is 24.2 Å². The molecule has 2 aromatic carbocycles. The second-order valence-corrected chi connectivity index (χ2v) is 10.9. The van der Waals surface area contributed by atoms with Gasteiger partial charge in [-0.3, -0.25) is 18.9 Å². The number of aromatic nitrogens is 3. The van der Waals surface area contributed by atoms with Crippen molar-refractivity contribution in [3.63, 3.8) is 0 Å². The number of nitrogens with zero attached hydrogens (tertiary/aromatic N) is 4. The quantitative estimate of drug-likeness (QED) is 0.154. The van der Waals surface area contributed by atoms with Gasteiger partial charge in [-0.05, 0) is 74.7 Å². The van der Waals surface area contributed by atoms with Crippen molar-refractivity contribution in [1.29, 1.82) is 0 Å². The van der Waals surface area contributed by atoms with Gasteiger partial charge in [-0.25, -0.2) is 9.97 Å². The normalized spacial score (nSPS) is 16.7. The molecule has 1 aliphatic rings. The number of aliphatic hydroxyl groups is 1. The Labute approximate surface area is 240 Å². The molecule has 9 nitrogen and oxygen atoms in total. The summed E-state index contributed by atoms with van der Waals surface area (Å²) in [6.07, 6.45) is 1.76. The molecule has 1 amide bonds. The third kappa shape index (κ3) is 4.22. The Morgan fingerprint density at radius 1 is 1.05 bits per heavy atom. The highest BCUT2D eigenvalue weighted by atomic mass is 32.1. The topological polar surface area (TPSA) is 106 Å². The zero-order valence-corrected chi connectivity index (χ0v) is 24.1. The van der Waals surface area contributed by atoms with E-state index >= 15 is 0 Å². The van der Waals surface area contributed by atoms with Gasteiger partial charge in [0, 0.05) is 6.20 Å². The highest BCUT2D eigenvalue weighted by Crippen LogP contribution is 2.46. The van der Waals surface area contributed by atoms with E-state index in [1.807, 2.05) is 51.1 Å². The number of fused-ring (bicyclic) bond motifs is 2. The summed E-state index contributed by atoms with van der Waals surface area (Å²) in [6, 6.07) is 13.8. The molecule has 4 heterocycles. The summed E-state index contributed by atoms with van der Waals surface area (Å²) < 4.78 is 13.9. The maximum Gasteiger partial charge on any atom is 0.301 e. The molecule has 6 rings (SSSR count). The molecule has 1 N–H and O–H groups in total. The van der Waals surface area contributed by atoms with Crippen molar-refractivity contribution in [2.75, 3.05) is 18.6 Å². The number of ketones is 1. The molecule has 0 radical (unpaired) electrons. The second kappa shape index (κ2) is 10.0. The molecule has 208 valence electrons. The monoisotopic (exact) mass is 568 g/mol. The van der Waals surface area contributed by atoms with Crippen molar-refractivity contribution in [2.24, 2.45) is 0 Å². The van der Waals surface area contributed by atoms with Crippen molar-refractivity contribution in [3.8, 4) is 11.5 Å². The first-order valence-electron chi connectivity index (χ1n) is 13.2. The molecule has 5 aromatic rings. The van der Waals surface area contributed by atoms with E-state index in [2.05, 4.69) is 4.98 Å². The number of hydrogen-bond donors (Lipinski definition) is 1. The van der Waals surface area contributed by atoms with Crippen LogP contribution in [0.1, 0.15) is 41.0 Å². The highest BCUT2D eigenvalue weighted by Gasteiger charge is 2.49. The van der Waals surface area contributed by atoms with Crippen LogP contribution in [0.15, 0.2) is 60.3 Å². The number of hydrogen-bond acceptors (Lipinski definition) is 8. The number of amides is 1. The number of Topliss-reactive ketones (excluding diaryl/α,β-unsaturated/α-hetero) is 1. The summed E-state index contributed by atoms with van der Waals surface area (Å²) in [7, 11) is 1.53. The van der Waals surface area contributed by atoms with E-state index in [-0.39, 0.29) is 11.3 Å². The Morgan fingerprint density at radius 2 is 1.85 bits per heavy atom. The van der Waals surface area contributed by atoms with Crippen LogP contribution in [0, 0.1) is 20.8 Å². The Hall–Kier alpha value is -4.70. The molecule has 1 fully saturated rings. The van der Waals surface area contributed by atoms with Crippen molar-refractivity contribution in [3.05, 3.63) is 88.4 Å². The zero-order valence-electron chi connectivity index (χ0n) is 23.3. The molecule has 3 aromatic heterocycles. The van der Waals surface area contributed by atoms with Gasteiger partial charge >= 0.3 is 5.91 Å². The van der Waals surface area contributed by atoms with Crippen LogP contribution in [0.2, 0.25) is 0 Å². The molecule has 10 heteroatoms. The minimum atomic E-state index is -0.977. The Kier molecular flexibility index (Phi) is 6.50. The molecule has 0 saturated carbocycles. The van der Waals surface area contributed by atoms with Crippen LogP contribution in [0.3, 0.4) is 0 Å². The molecule has 41 heavy (non-hydrogen) atoms. The van der Waals surface area contributed by atoms with E-state index in [4.69, 9.17) is 14.5 Å². The molecule has 1 unspecified atom stereocenters. The number of anilines is 1. The number of benzene rings is 2. The van der Waals surface area contributed by atoms with E-state index in [1.54, 1.807) is 35.7 Å². The number of carbonyl (C=O) groups is 2. The Bertz CT molecular complexity index is 1900. The predicted octanol–water partition coefficient (Wildman–Crippen LogP) is 5.90. The first-order chi connectivity index (χ1) is 19.7. The number of aliphatic hydroxyl groups excluding tert-OH is 1. The molecule has 0 aliphatic carbocycles. The van der Waals surface area contributed by atoms with Crippen LogP contribution in [-0.2, 0) is 9.59 Å². The summed E-state index contributed by atoms with van der Waals surface area (Å²) in [4.78, 5) is 38.3. The van der Waals surface area contributed by atoms with E-state index in [0.29, 0.717) is 45.8 Å². The maximum absolute atomic E-state index is 13.8. The van der Waals surface area contributed by atoms with Gasteiger partial charge in [-0.1, -0.05) is 29.5 Å². The highest BCUT2D eigenvalue weighted by molar-refractivity contribution is 7.22. The molecule has 1 atom stereocenters. The first-order valence-corrected chi connectivity index (χ1v) is 14.0. The van der Waals surface area contributed by atoms with E-state index in [9.17, 15) is 14.7 Å². The lowest BCUT2D eigenvalue weighted by Crippen LogP contribution is -2.29. The molecule has 0 bridgehead atoms. The third-order valence-corrected chi connectivity index (χ3v) is 8.20. The largest absolute Gasteiger partial charge is 0.505 e. The minimum Gasteiger partial charge on any atom is -0.505 e. The third-order valence-electron chi connectivity index (χ3n) is 7.20. The van der Waals surface area contributed by atoms with Crippen molar-refractivity contribution >= 4 is 49.8 Å². The average molecular weight is 569 g/mol. The maximum atomic E-state index is 13.8. The van der Waals surface area contributed by atoms with Gasteiger partial charge in [0.25, 0.3) is 5.78 Å². The number of methoxy groups -OCH3 is 1. The first kappa shape index (κ1) is 26.5. The molecular formula is C31H28N4O5S. The van der Waals surface area contributed by atoms with Gasteiger partial charge in [-0.15, -0.1) is 0 Å². The number of pyridine rings is 1. The second-order valence-electron chi connectivity index (χ2n) is 9.91. The number of rotatable bonds is 6. The molecule has 1 saturated heterocycles. The lowest BCUT2D eigenvalue weighted by atomic mass is 9.96. The van der Waals surface area contributed by atoms with Crippen LogP contribution < -0.4 is 14.4 Å². The summed E-state index contributed by atoms with van der Waals surface area (Å²) in [5.41, 5.74) is 4.79. The van der Waals surface area contributed by atoms with Gasteiger partial charge in [0.1, 0.15) is 11.3 Å². The SMILES string of the molecule is CCOc1ccc(C2C(=C(O)c3c(C)nc4ccccn34)C(=O)C(=O)N2c2nc3c(C)cc(C)cc3s2)cc1OC. The Morgan fingerprint density at radius 3 is 2.61 bits per heavy atom. The van der Waals surface area contributed by atoms with Crippen LogP contribution >= 0.6 is 11.3 Å². The van der Waals surface area contributed by atoms with Crippen molar-refractivity contribution in [2.45, 2.75) is 33.7 Å². The average Bonchev–Trinajstić information content (AvgIpc) is 3.60. The van der Waals surface area contributed by atoms with Gasteiger partial charge in [0.05, 0.1) is 41.2 Å². The number of aryl methyl sites for hydroxylation is 3. The lowest BCUT2D eigenvalue weighted by molar-refractivity contribution is -0.132. The molecular weight excluding hydrogens is 540 g/mol. The van der Waals surface area contributed by atoms with Gasteiger partial charge in [0.15, 0.2) is 22.4 Å². The van der Waals surface area contributed by atoms with Gasteiger partial charge in [0.2, 0.25) is 0 Å². The van der Waals surface area contributed by atoms with Gasteiger partial charge < -0.3 is 14.6 Å². The van der Waals surface area contributed by atoms with E-state index in [1.165, 1.54) is 23.3 Å². The fourth-order valence-corrected chi connectivity index (χ4v) is 6.63. The summed E-state index contributed by atoms with van der Waals surface area (Å²) in [5, 5.41) is 12.2. The van der Waals surface area contributed by atoms with Crippen LogP contribution in [0.25, 0.3) is 21.6 Å². The smallest absolute Gasteiger partial charge is 0.301 e. The summed E-state index contributed by atoms with van der Waals surface area (Å²) in [5.74, 6) is -0.925. The van der Waals surface area contributed by atoms with Crippen LogP contribution in [0.4, 0.5) is 5.13 Å². The number of imidazole rings is 1. The minimum absolute atomic E-state index is 0.0536. The zero-order chi connectivity index (χ0) is 29.0. The van der Waals surface area contributed by atoms with Crippen LogP contribution in [-0.4, -0.2) is 44.9 Å². The van der Waals surface area contributed by atoms with Crippen LogP contribution in [0.5, 0.6) is 11.5 Å². The fourth-order valence-electron chi connectivity index (χ4n) is 5.46. The predicted molar refractivity (Wildman–Crippen MR) is 158 cm³/mol. The number of carbonyl (C=O) groups excluding carboxylic acids is 2. The van der Waals surface area contributed by atoms with E-state index in [0.717, 1.165) is 21.3 Å². The lowest BCUT2D eigenvalue weighted by Gasteiger charge is -2.24. The standard InChI is InChI=1S/C31H28N4O5S/c1-6-40-20-11-10-19(15-21(20)39-5)27-24(28(36)26-18(4)32-23-9-7-8-12-34(23)26)29(37)30(38)35(27)31-33-25-17(3)13-16(2)14-22(25)41-31/h7-15,27,36H,6H2,1-5H3.